The fourth-order valence-electron chi connectivity index (χ4n) is 4.21. The average Bonchev–Trinajstić information content (AvgIpc) is 3.61. The van der Waals surface area contributed by atoms with Gasteiger partial charge in [0.05, 0.1) is 5.41 Å². The lowest BCUT2D eigenvalue weighted by Gasteiger charge is -2.13. The molecule has 176 valence electrons. The Bertz CT molecular complexity index is 1340. The normalized spacial score (nSPS) is 14.7. The maximum Gasteiger partial charge on any atom is 0.414 e. The van der Waals surface area contributed by atoms with Gasteiger partial charge in [-0.25, -0.2) is 9.78 Å². The maximum absolute atomic E-state index is 12.5. The van der Waals surface area contributed by atoms with Gasteiger partial charge < -0.3 is 13.9 Å². The highest BCUT2D eigenvalue weighted by molar-refractivity contribution is 5.88. The molecule has 1 amide bonds. The van der Waals surface area contributed by atoms with Gasteiger partial charge in [-0.05, 0) is 42.0 Å². The maximum atomic E-state index is 12.5. The number of nitrogens with one attached hydrogen (secondary N) is 1. The van der Waals surface area contributed by atoms with E-state index in [-0.39, 0.29) is 11.3 Å². The van der Waals surface area contributed by atoms with E-state index in [0.717, 1.165) is 46.9 Å². The van der Waals surface area contributed by atoms with Crippen molar-refractivity contribution >= 4 is 18.3 Å². The van der Waals surface area contributed by atoms with Gasteiger partial charge in [0.15, 0.2) is 5.89 Å². The van der Waals surface area contributed by atoms with Gasteiger partial charge in [0.1, 0.15) is 18.1 Å². The Balaban J connectivity index is 1.30. The van der Waals surface area contributed by atoms with E-state index in [1.807, 2.05) is 85.8 Å². The van der Waals surface area contributed by atoms with E-state index in [4.69, 9.17) is 9.15 Å². The lowest BCUT2D eigenvalue weighted by Crippen LogP contribution is -2.16. The molecule has 0 spiro atoms. The summed E-state index contributed by atoms with van der Waals surface area (Å²) in [6, 6.07) is 25.6. The van der Waals surface area contributed by atoms with Crippen molar-refractivity contribution in [1.82, 2.24) is 4.98 Å². The van der Waals surface area contributed by atoms with Gasteiger partial charge in [-0.15, -0.1) is 0 Å². The number of carbonyl (C=O) groups excluding carboxylic acids is 2. The Labute approximate surface area is 204 Å². The molecule has 0 unspecified atom stereocenters. The highest BCUT2D eigenvalue weighted by Crippen LogP contribution is 2.46. The van der Waals surface area contributed by atoms with Gasteiger partial charge in [0.25, 0.3) is 0 Å². The number of anilines is 1. The van der Waals surface area contributed by atoms with E-state index in [1.54, 1.807) is 6.92 Å². The molecule has 1 aliphatic carbocycles. The Morgan fingerprint density at radius 1 is 0.971 bits per heavy atom. The van der Waals surface area contributed by atoms with Crippen molar-refractivity contribution < 1.29 is 18.7 Å². The van der Waals surface area contributed by atoms with Gasteiger partial charge >= 0.3 is 6.09 Å². The molecule has 6 heteroatoms. The summed E-state index contributed by atoms with van der Waals surface area (Å²) in [5.41, 5.74) is 5.17. The first-order chi connectivity index (χ1) is 17.0. The van der Waals surface area contributed by atoms with Gasteiger partial charge in [0, 0.05) is 12.5 Å². The Morgan fingerprint density at radius 3 is 2.17 bits per heavy atom. The molecule has 35 heavy (non-hydrogen) atoms. The highest BCUT2D eigenvalue weighted by Gasteiger charge is 2.44. The van der Waals surface area contributed by atoms with Crippen LogP contribution in [0.5, 0.6) is 0 Å². The molecule has 0 radical (unpaired) electrons. The second kappa shape index (κ2) is 9.22. The summed E-state index contributed by atoms with van der Waals surface area (Å²) in [6.07, 6.45) is 1.91. The SMILES string of the molecule is Cc1nc(-c2ccc(-c3ccc(C4(C=O)CC4)cc3)cc2)c(NC(=O)O[C@H](C)c2ccccc2)o1. The zero-order valence-corrected chi connectivity index (χ0v) is 19.7. The smallest absolute Gasteiger partial charge is 0.414 e. The number of oxazole rings is 1. The number of aldehydes is 1. The molecular weight excluding hydrogens is 440 g/mol. The lowest BCUT2D eigenvalue weighted by molar-refractivity contribution is -0.109. The van der Waals surface area contributed by atoms with Crippen molar-refractivity contribution in [2.75, 3.05) is 5.32 Å². The van der Waals surface area contributed by atoms with Crippen LogP contribution in [0.2, 0.25) is 0 Å². The molecule has 4 aromatic rings. The topological polar surface area (TPSA) is 81.4 Å². The minimum atomic E-state index is -0.612. The number of ether oxygens (including phenoxy) is 1. The first kappa shape index (κ1) is 22.6. The van der Waals surface area contributed by atoms with E-state index in [1.165, 1.54) is 0 Å². The molecule has 0 bridgehead atoms. The lowest BCUT2D eigenvalue weighted by atomic mass is 9.94. The summed E-state index contributed by atoms with van der Waals surface area (Å²) < 4.78 is 11.2. The molecule has 5 rings (SSSR count). The second-order valence-corrected chi connectivity index (χ2v) is 8.92. The summed E-state index contributed by atoms with van der Waals surface area (Å²) in [7, 11) is 0. The van der Waals surface area contributed by atoms with Crippen molar-refractivity contribution in [1.29, 1.82) is 0 Å². The van der Waals surface area contributed by atoms with E-state index in [9.17, 15) is 9.59 Å². The van der Waals surface area contributed by atoms with Crippen LogP contribution in [0.3, 0.4) is 0 Å². The van der Waals surface area contributed by atoms with Crippen molar-refractivity contribution in [2.45, 2.75) is 38.2 Å². The molecule has 0 aliphatic heterocycles. The standard InChI is InChI=1S/C29H26N2O4/c1-19(21-6-4-3-5-7-21)34-28(33)31-27-26(30-20(2)35-27)24-10-8-22(9-11-24)23-12-14-25(15-13-23)29(18-32)16-17-29/h3-15,18-19H,16-17H2,1-2H3,(H,31,33)/t19-/m1/s1. The second-order valence-electron chi connectivity index (χ2n) is 8.92. The van der Waals surface area contributed by atoms with Crippen LogP contribution in [-0.2, 0) is 14.9 Å². The number of carbonyl (C=O) groups is 2. The minimum absolute atomic E-state index is 0.244. The van der Waals surface area contributed by atoms with Crippen LogP contribution < -0.4 is 5.32 Å². The Hall–Kier alpha value is -4.19. The van der Waals surface area contributed by atoms with Crippen LogP contribution in [0.1, 0.15) is 42.9 Å². The summed E-state index contributed by atoms with van der Waals surface area (Å²) in [5, 5.41) is 2.69. The Kier molecular flexibility index (Phi) is 5.95. The number of aromatic nitrogens is 1. The average molecular weight is 467 g/mol. The number of rotatable bonds is 7. The Morgan fingerprint density at radius 2 is 1.57 bits per heavy atom. The van der Waals surface area contributed by atoms with Crippen LogP contribution in [-0.4, -0.2) is 17.4 Å². The van der Waals surface area contributed by atoms with Gasteiger partial charge in [-0.1, -0.05) is 78.9 Å². The molecule has 1 atom stereocenters. The monoisotopic (exact) mass is 466 g/mol. The third-order valence-corrected chi connectivity index (χ3v) is 6.47. The summed E-state index contributed by atoms with van der Waals surface area (Å²) >= 11 is 0. The number of hydrogen-bond acceptors (Lipinski definition) is 5. The minimum Gasteiger partial charge on any atom is -0.441 e. The van der Waals surface area contributed by atoms with Crippen molar-refractivity contribution in [2.24, 2.45) is 0 Å². The number of benzene rings is 3. The fourth-order valence-corrected chi connectivity index (χ4v) is 4.21. The quantitative estimate of drug-likeness (QED) is 0.301. The van der Waals surface area contributed by atoms with E-state index >= 15 is 0 Å². The molecule has 0 saturated heterocycles. The molecular formula is C29H26N2O4. The molecule has 1 N–H and O–H groups in total. The van der Waals surface area contributed by atoms with Crippen LogP contribution in [0.4, 0.5) is 10.7 Å². The molecule has 6 nitrogen and oxygen atoms in total. The highest BCUT2D eigenvalue weighted by atomic mass is 16.6. The number of hydrogen-bond donors (Lipinski definition) is 1. The van der Waals surface area contributed by atoms with E-state index < -0.39 is 12.2 Å². The predicted molar refractivity (Wildman–Crippen MR) is 134 cm³/mol. The van der Waals surface area contributed by atoms with Crippen LogP contribution in [0.25, 0.3) is 22.4 Å². The molecule has 1 aromatic heterocycles. The molecule has 1 fully saturated rings. The summed E-state index contributed by atoms with van der Waals surface area (Å²) in [5.74, 6) is 0.684. The third-order valence-electron chi connectivity index (χ3n) is 6.47. The molecule has 3 aromatic carbocycles. The van der Waals surface area contributed by atoms with Crippen molar-refractivity contribution in [3.05, 3.63) is 95.9 Å². The van der Waals surface area contributed by atoms with Crippen LogP contribution >= 0.6 is 0 Å². The summed E-state index contributed by atoms with van der Waals surface area (Å²) in [6.45, 7) is 3.55. The van der Waals surface area contributed by atoms with Gasteiger partial charge in [-0.2, -0.15) is 0 Å². The predicted octanol–water partition coefficient (Wildman–Crippen LogP) is 6.86. The van der Waals surface area contributed by atoms with Crippen LogP contribution in [0, 0.1) is 6.92 Å². The zero-order chi connectivity index (χ0) is 24.4. The number of amides is 1. The first-order valence-electron chi connectivity index (χ1n) is 11.7. The molecule has 1 aliphatic rings. The summed E-state index contributed by atoms with van der Waals surface area (Å²) in [4.78, 5) is 28.4. The number of aryl methyl sites for hydroxylation is 1. The van der Waals surface area contributed by atoms with Gasteiger partial charge in [-0.3, -0.25) is 5.32 Å². The van der Waals surface area contributed by atoms with Gasteiger partial charge in [0.2, 0.25) is 5.88 Å². The van der Waals surface area contributed by atoms with Crippen molar-refractivity contribution in [3.63, 3.8) is 0 Å². The van der Waals surface area contributed by atoms with Crippen molar-refractivity contribution in [3.8, 4) is 22.4 Å². The van der Waals surface area contributed by atoms with E-state index in [0.29, 0.717) is 11.6 Å². The third kappa shape index (κ3) is 4.73. The molecule has 1 heterocycles. The molecule has 1 saturated carbocycles. The first-order valence-corrected chi connectivity index (χ1v) is 11.7. The van der Waals surface area contributed by atoms with E-state index in [2.05, 4.69) is 10.3 Å². The zero-order valence-electron chi connectivity index (χ0n) is 19.7. The van der Waals surface area contributed by atoms with Crippen LogP contribution in [0.15, 0.2) is 83.3 Å². The largest absolute Gasteiger partial charge is 0.441 e. The number of nitrogens with zero attached hydrogens (tertiary/aromatic N) is 1. The fraction of sp³-hybridized carbons (Fsp3) is 0.207.